The maximum absolute atomic E-state index is 15.3. The Hall–Kier alpha value is -3.24. The molecular formula is C24H29F2N5O3. The molecule has 1 fully saturated rings. The van der Waals surface area contributed by atoms with Crippen LogP contribution in [-0.2, 0) is 0 Å². The van der Waals surface area contributed by atoms with E-state index in [4.69, 9.17) is 9.47 Å². The van der Waals surface area contributed by atoms with Gasteiger partial charge in [0, 0.05) is 30.9 Å². The highest BCUT2D eigenvalue weighted by Gasteiger charge is 2.26. The van der Waals surface area contributed by atoms with E-state index in [1.165, 1.54) is 25.2 Å². The standard InChI is InChI=1S/C24H29F2N5O3/c1-27-10-11-30(23-21(25)19(33-2)13-20(34-3)22(23)26)16-4-5-18-17(12-16)24(32)31(14-29-18)15-6-8-28-9-7-15/h4-5,12-15,27-28H,6-11H2,1-3H3. The zero-order chi connectivity index (χ0) is 24.2. The van der Waals surface area contributed by atoms with Crippen LogP contribution in [0.25, 0.3) is 10.9 Å². The first-order valence-corrected chi connectivity index (χ1v) is 11.2. The Balaban J connectivity index is 1.87. The summed E-state index contributed by atoms with van der Waals surface area (Å²) in [4.78, 5) is 19.3. The van der Waals surface area contributed by atoms with E-state index in [1.807, 2.05) is 0 Å². The van der Waals surface area contributed by atoms with Crippen LogP contribution in [0.5, 0.6) is 11.5 Å². The molecule has 34 heavy (non-hydrogen) atoms. The highest BCUT2D eigenvalue weighted by molar-refractivity contribution is 5.83. The first-order valence-electron chi connectivity index (χ1n) is 11.2. The van der Waals surface area contributed by atoms with Crippen LogP contribution in [0.1, 0.15) is 18.9 Å². The molecule has 2 aromatic carbocycles. The van der Waals surface area contributed by atoms with Gasteiger partial charge in [-0.05, 0) is 51.2 Å². The SMILES string of the molecule is CNCCN(c1ccc2ncn(C3CCNCC3)c(=O)c2c1)c1c(F)c(OC)cc(OC)c1F. The van der Waals surface area contributed by atoms with Gasteiger partial charge < -0.3 is 25.0 Å². The van der Waals surface area contributed by atoms with Gasteiger partial charge in [0.05, 0.1) is 31.4 Å². The van der Waals surface area contributed by atoms with Gasteiger partial charge in [0.15, 0.2) is 23.1 Å². The number of halogens is 2. The van der Waals surface area contributed by atoms with Crippen LogP contribution in [0, 0.1) is 11.6 Å². The van der Waals surface area contributed by atoms with Crippen LogP contribution in [0.4, 0.5) is 20.2 Å². The fourth-order valence-corrected chi connectivity index (χ4v) is 4.34. The molecule has 10 heteroatoms. The zero-order valence-electron chi connectivity index (χ0n) is 19.5. The lowest BCUT2D eigenvalue weighted by atomic mass is 10.1. The first-order chi connectivity index (χ1) is 16.5. The van der Waals surface area contributed by atoms with E-state index in [0.717, 1.165) is 25.9 Å². The molecule has 0 bridgehead atoms. The number of methoxy groups -OCH3 is 2. The molecule has 0 saturated carbocycles. The van der Waals surface area contributed by atoms with Gasteiger partial charge >= 0.3 is 0 Å². The van der Waals surface area contributed by atoms with Gasteiger partial charge in [-0.25, -0.2) is 13.8 Å². The predicted octanol–water partition coefficient (Wildman–Crippen LogP) is 2.97. The summed E-state index contributed by atoms with van der Waals surface area (Å²) in [5.74, 6) is -1.98. The second kappa shape index (κ2) is 10.4. The van der Waals surface area contributed by atoms with Crippen molar-refractivity contribution in [3.05, 3.63) is 52.6 Å². The molecule has 0 spiro atoms. The Bertz CT molecular complexity index is 1200. The zero-order valence-corrected chi connectivity index (χ0v) is 19.5. The van der Waals surface area contributed by atoms with E-state index in [9.17, 15) is 4.79 Å². The molecule has 0 atom stereocenters. The number of hydrogen-bond acceptors (Lipinski definition) is 7. The number of nitrogens with zero attached hydrogens (tertiary/aromatic N) is 3. The van der Waals surface area contributed by atoms with Crippen LogP contribution >= 0.6 is 0 Å². The summed E-state index contributed by atoms with van der Waals surface area (Å²) < 4.78 is 42.6. The van der Waals surface area contributed by atoms with Crippen molar-refractivity contribution in [2.75, 3.05) is 52.3 Å². The van der Waals surface area contributed by atoms with E-state index in [-0.39, 0.29) is 35.3 Å². The molecule has 0 unspecified atom stereocenters. The van der Waals surface area contributed by atoms with Crippen molar-refractivity contribution in [3.8, 4) is 11.5 Å². The van der Waals surface area contributed by atoms with Gasteiger partial charge in [-0.15, -0.1) is 0 Å². The third-order valence-corrected chi connectivity index (χ3v) is 6.19. The average molecular weight is 474 g/mol. The molecule has 1 saturated heterocycles. The number of fused-ring (bicyclic) bond motifs is 1. The Morgan fingerprint density at radius 1 is 1.15 bits per heavy atom. The minimum Gasteiger partial charge on any atom is -0.493 e. The molecule has 0 radical (unpaired) electrons. The highest BCUT2D eigenvalue weighted by Crippen LogP contribution is 2.40. The van der Waals surface area contributed by atoms with Gasteiger partial charge in [0.25, 0.3) is 5.56 Å². The third-order valence-electron chi connectivity index (χ3n) is 6.19. The van der Waals surface area contributed by atoms with Crippen molar-refractivity contribution in [2.45, 2.75) is 18.9 Å². The van der Waals surface area contributed by atoms with Crippen LogP contribution in [0.2, 0.25) is 0 Å². The molecule has 1 aliphatic heterocycles. The molecule has 182 valence electrons. The topological polar surface area (TPSA) is 80.7 Å². The smallest absolute Gasteiger partial charge is 0.261 e. The monoisotopic (exact) mass is 473 g/mol. The summed E-state index contributed by atoms with van der Waals surface area (Å²) in [5.41, 5.74) is 0.499. The molecule has 8 nitrogen and oxygen atoms in total. The van der Waals surface area contributed by atoms with Crippen molar-refractivity contribution in [3.63, 3.8) is 0 Å². The number of piperidine rings is 1. The molecule has 3 aromatic rings. The number of aromatic nitrogens is 2. The van der Waals surface area contributed by atoms with E-state index in [0.29, 0.717) is 23.1 Å². The second-order valence-electron chi connectivity index (χ2n) is 8.15. The fourth-order valence-electron chi connectivity index (χ4n) is 4.34. The lowest BCUT2D eigenvalue weighted by molar-refractivity contribution is 0.359. The second-order valence-corrected chi connectivity index (χ2v) is 8.15. The third kappa shape index (κ3) is 4.43. The molecular weight excluding hydrogens is 444 g/mol. The number of likely N-dealkylation sites (N-methyl/N-ethyl adjacent to an activating group) is 1. The summed E-state index contributed by atoms with van der Waals surface area (Å²) >= 11 is 0. The van der Waals surface area contributed by atoms with E-state index >= 15 is 8.78 Å². The fraction of sp³-hybridized carbons (Fsp3) is 0.417. The molecule has 2 heterocycles. The van der Waals surface area contributed by atoms with Crippen molar-refractivity contribution >= 4 is 22.3 Å². The van der Waals surface area contributed by atoms with Crippen LogP contribution in [-0.4, -0.2) is 57.0 Å². The summed E-state index contributed by atoms with van der Waals surface area (Å²) in [5, 5.41) is 6.69. The van der Waals surface area contributed by atoms with E-state index in [1.54, 1.807) is 36.1 Å². The van der Waals surface area contributed by atoms with Crippen molar-refractivity contribution in [2.24, 2.45) is 0 Å². The van der Waals surface area contributed by atoms with E-state index in [2.05, 4.69) is 15.6 Å². The first kappa shape index (κ1) is 23.9. The minimum atomic E-state index is -0.852. The summed E-state index contributed by atoms with van der Waals surface area (Å²) in [6, 6.07) is 6.27. The Kier molecular flexibility index (Phi) is 7.28. The van der Waals surface area contributed by atoms with Crippen LogP contribution in [0.3, 0.4) is 0 Å². The van der Waals surface area contributed by atoms with Crippen molar-refractivity contribution < 1.29 is 18.3 Å². The van der Waals surface area contributed by atoms with Gasteiger partial charge in [-0.3, -0.25) is 9.36 Å². The van der Waals surface area contributed by atoms with Crippen molar-refractivity contribution in [1.29, 1.82) is 0 Å². The van der Waals surface area contributed by atoms with Gasteiger partial charge in [-0.2, -0.15) is 0 Å². The van der Waals surface area contributed by atoms with Crippen molar-refractivity contribution in [1.82, 2.24) is 20.2 Å². The van der Waals surface area contributed by atoms with Gasteiger partial charge in [-0.1, -0.05) is 0 Å². The largest absolute Gasteiger partial charge is 0.493 e. The Morgan fingerprint density at radius 3 is 2.44 bits per heavy atom. The number of anilines is 2. The minimum absolute atomic E-state index is 0.0623. The molecule has 2 N–H and O–H groups in total. The predicted molar refractivity (Wildman–Crippen MR) is 128 cm³/mol. The molecule has 4 rings (SSSR count). The molecule has 0 amide bonds. The normalized spacial score (nSPS) is 14.4. The number of hydrogen-bond donors (Lipinski definition) is 2. The maximum atomic E-state index is 15.3. The van der Waals surface area contributed by atoms with Gasteiger partial charge in [0.2, 0.25) is 0 Å². The van der Waals surface area contributed by atoms with Crippen LogP contribution < -0.4 is 30.6 Å². The van der Waals surface area contributed by atoms with E-state index < -0.39 is 11.6 Å². The van der Waals surface area contributed by atoms with Gasteiger partial charge in [0.1, 0.15) is 5.69 Å². The molecule has 1 aromatic heterocycles. The average Bonchev–Trinajstić information content (AvgIpc) is 2.87. The summed E-state index contributed by atoms with van der Waals surface area (Å²) in [7, 11) is 4.36. The lowest BCUT2D eigenvalue weighted by Crippen LogP contribution is -2.34. The number of nitrogens with one attached hydrogen (secondary N) is 2. The number of rotatable bonds is 8. The van der Waals surface area contributed by atoms with Crippen LogP contribution in [0.15, 0.2) is 35.4 Å². The maximum Gasteiger partial charge on any atom is 0.261 e. The molecule has 1 aliphatic rings. The molecule has 0 aliphatic carbocycles. The summed E-state index contributed by atoms with van der Waals surface area (Å²) in [6.07, 6.45) is 3.26. The Labute approximate surface area is 196 Å². The number of ether oxygens (including phenoxy) is 2. The summed E-state index contributed by atoms with van der Waals surface area (Å²) in [6.45, 7) is 2.34. The quantitative estimate of drug-likeness (QED) is 0.521. The lowest BCUT2D eigenvalue weighted by Gasteiger charge is -2.27. The highest BCUT2D eigenvalue weighted by atomic mass is 19.1. The Morgan fingerprint density at radius 2 is 1.82 bits per heavy atom. The number of benzene rings is 2.